The maximum absolute atomic E-state index is 5.24. The third-order valence-corrected chi connectivity index (χ3v) is 2.41. The molecule has 4 nitrogen and oxygen atoms in total. The van der Waals surface area contributed by atoms with Crippen molar-refractivity contribution in [3.63, 3.8) is 0 Å². The van der Waals surface area contributed by atoms with E-state index in [-0.39, 0.29) is 0 Å². The van der Waals surface area contributed by atoms with Gasteiger partial charge in [0.25, 0.3) is 0 Å². The summed E-state index contributed by atoms with van der Waals surface area (Å²) in [4.78, 5) is 7.78. The van der Waals surface area contributed by atoms with Gasteiger partial charge in [-0.1, -0.05) is 0 Å². The van der Waals surface area contributed by atoms with Crippen LogP contribution in [0.15, 0.2) is 39.9 Å². The van der Waals surface area contributed by atoms with Gasteiger partial charge < -0.3 is 9.73 Å². The Hall–Kier alpha value is -1.36. The molecule has 2 rings (SSSR count). The smallest absolute Gasteiger partial charge is 0.136 e. The number of hydrogen-bond acceptors (Lipinski definition) is 4. The van der Waals surface area contributed by atoms with Crippen LogP contribution >= 0.6 is 15.9 Å². The van der Waals surface area contributed by atoms with Gasteiger partial charge in [0.05, 0.1) is 35.4 Å². The summed E-state index contributed by atoms with van der Waals surface area (Å²) >= 11 is 3.37. The lowest BCUT2D eigenvalue weighted by molar-refractivity contribution is 0.516. The Balaban J connectivity index is 1.99. The van der Waals surface area contributed by atoms with Crippen LogP contribution in [0.2, 0.25) is 0 Å². The highest BCUT2D eigenvalue weighted by atomic mass is 79.9. The van der Waals surface area contributed by atoms with Gasteiger partial charge in [-0.25, -0.2) is 9.97 Å². The van der Waals surface area contributed by atoms with Gasteiger partial charge in [-0.3, -0.25) is 0 Å². The van der Waals surface area contributed by atoms with Crippen LogP contribution in [-0.4, -0.2) is 9.97 Å². The molecular weight excluding hydrogens is 246 g/mol. The van der Waals surface area contributed by atoms with Crippen molar-refractivity contribution in [2.45, 2.75) is 6.54 Å². The fourth-order valence-corrected chi connectivity index (χ4v) is 1.37. The first-order chi connectivity index (χ1) is 6.86. The SMILES string of the molecule is Brc1ccoc1CNc1cncnc1. The maximum Gasteiger partial charge on any atom is 0.136 e. The summed E-state index contributed by atoms with van der Waals surface area (Å²) < 4.78 is 6.20. The van der Waals surface area contributed by atoms with Crippen LogP contribution in [0.25, 0.3) is 0 Å². The van der Waals surface area contributed by atoms with Crippen molar-refractivity contribution < 1.29 is 4.42 Å². The minimum absolute atomic E-state index is 0.612. The second-order valence-corrected chi connectivity index (χ2v) is 3.53. The first-order valence-corrected chi connectivity index (χ1v) is 4.86. The Morgan fingerprint density at radius 3 is 2.79 bits per heavy atom. The zero-order chi connectivity index (χ0) is 9.80. The molecule has 0 saturated heterocycles. The summed E-state index contributed by atoms with van der Waals surface area (Å²) in [6.45, 7) is 0.612. The number of anilines is 1. The van der Waals surface area contributed by atoms with Gasteiger partial charge in [0.1, 0.15) is 12.1 Å². The van der Waals surface area contributed by atoms with Gasteiger partial charge in [-0.2, -0.15) is 0 Å². The third kappa shape index (κ3) is 2.11. The van der Waals surface area contributed by atoms with E-state index in [9.17, 15) is 0 Å². The van der Waals surface area contributed by atoms with E-state index in [1.165, 1.54) is 6.33 Å². The molecule has 0 radical (unpaired) electrons. The lowest BCUT2D eigenvalue weighted by Crippen LogP contribution is -1.99. The Bertz CT molecular complexity index is 401. The number of furan rings is 1. The highest BCUT2D eigenvalue weighted by Crippen LogP contribution is 2.18. The second kappa shape index (κ2) is 4.23. The molecule has 0 aliphatic heterocycles. The number of hydrogen-bond donors (Lipinski definition) is 1. The zero-order valence-electron chi connectivity index (χ0n) is 7.27. The quantitative estimate of drug-likeness (QED) is 0.913. The molecule has 0 amide bonds. The molecule has 2 aromatic rings. The lowest BCUT2D eigenvalue weighted by atomic mass is 10.4. The molecule has 1 N–H and O–H groups in total. The standard InChI is InChI=1S/C9H8BrN3O/c10-8-1-2-14-9(8)5-13-7-3-11-6-12-4-7/h1-4,6,13H,5H2. The largest absolute Gasteiger partial charge is 0.466 e. The van der Waals surface area contributed by atoms with E-state index < -0.39 is 0 Å². The topological polar surface area (TPSA) is 51.0 Å². The van der Waals surface area contributed by atoms with Crippen molar-refractivity contribution in [1.82, 2.24) is 9.97 Å². The molecule has 5 heteroatoms. The van der Waals surface area contributed by atoms with E-state index in [0.717, 1.165) is 15.9 Å². The molecule has 0 aliphatic rings. The first-order valence-electron chi connectivity index (χ1n) is 4.07. The molecule has 2 heterocycles. The molecule has 0 unspecified atom stereocenters. The molecule has 0 bridgehead atoms. The summed E-state index contributed by atoms with van der Waals surface area (Å²) in [5.41, 5.74) is 0.871. The maximum atomic E-state index is 5.24. The molecule has 2 aromatic heterocycles. The molecule has 0 saturated carbocycles. The van der Waals surface area contributed by atoms with Gasteiger partial charge in [-0.15, -0.1) is 0 Å². The third-order valence-electron chi connectivity index (χ3n) is 1.70. The number of rotatable bonds is 3. The summed E-state index contributed by atoms with van der Waals surface area (Å²) in [5.74, 6) is 0.855. The van der Waals surface area contributed by atoms with Crippen molar-refractivity contribution in [1.29, 1.82) is 0 Å². The minimum atomic E-state index is 0.612. The highest BCUT2D eigenvalue weighted by molar-refractivity contribution is 9.10. The molecule has 72 valence electrons. The molecule has 0 spiro atoms. The fourth-order valence-electron chi connectivity index (χ4n) is 1.02. The average molecular weight is 254 g/mol. The van der Waals surface area contributed by atoms with Crippen molar-refractivity contribution in [3.05, 3.63) is 41.3 Å². The Kier molecular flexibility index (Phi) is 2.78. The monoisotopic (exact) mass is 253 g/mol. The van der Waals surface area contributed by atoms with Crippen LogP contribution in [0.3, 0.4) is 0 Å². The predicted octanol–water partition coefficient (Wildman–Crippen LogP) is 2.44. The van der Waals surface area contributed by atoms with E-state index >= 15 is 0 Å². The summed E-state index contributed by atoms with van der Waals surface area (Å²) in [6.07, 6.45) is 6.56. The van der Waals surface area contributed by atoms with E-state index in [0.29, 0.717) is 6.54 Å². The van der Waals surface area contributed by atoms with Crippen LogP contribution in [0, 0.1) is 0 Å². The van der Waals surface area contributed by atoms with Gasteiger partial charge in [0, 0.05) is 0 Å². The van der Waals surface area contributed by atoms with Crippen molar-refractivity contribution in [2.24, 2.45) is 0 Å². The minimum Gasteiger partial charge on any atom is -0.466 e. The second-order valence-electron chi connectivity index (χ2n) is 2.67. The van der Waals surface area contributed by atoms with E-state index in [1.807, 2.05) is 6.07 Å². The van der Waals surface area contributed by atoms with Crippen LogP contribution in [0.4, 0.5) is 5.69 Å². The molecular formula is C9H8BrN3O. The predicted molar refractivity (Wildman–Crippen MR) is 55.8 cm³/mol. The zero-order valence-corrected chi connectivity index (χ0v) is 8.86. The number of halogens is 1. The normalized spacial score (nSPS) is 10.1. The molecule has 0 atom stereocenters. The average Bonchev–Trinajstić information content (AvgIpc) is 2.63. The summed E-state index contributed by atoms with van der Waals surface area (Å²) in [5, 5.41) is 3.14. The Morgan fingerprint density at radius 2 is 2.14 bits per heavy atom. The van der Waals surface area contributed by atoms with E-state index in [2.05, 4.69) is 31.2 Å². The number of aromatic nitrogens is 2. The number of nitrogens with one attached hydrogen (secondary N) is 1. The van der Waals surface area contributed by atoms with Crippen molar-refractivity contribution in [3.8, 4) is 0 Å². The van der Waals surface area contributed by atoms with Crippen LogP contribution in [-0.2, 0) is 6.54 Å². The Morgan fingerprint density at radius 1 is 1.36 bits per heavy atom. The van der Waals surface area contributed by atoms with Gasteiger partial charge in [-0.05, 0) is 22.0 Å². The lowest BCUT2D eigenvalue weighted by Gasteiger charge is -2.02. The van der Waals surface area contributed by atoms with Crippen LogP contribution < -0.4 is 5.32 Å². The molecule has 14 heavy (non-hydrogen) atoms. The van der Waals surface area contributed by atoms with Gasteiger partial charge in [0.15, 0.2) is 0 Å². The fraction of sp³-hybridized carbons (Fsp3) is 0.111. The molecule has 0 aromatic carbocycles. The highest BCUT2D eigenvalue weighted by Gasteiger charge is 2.02. The van der Waals surface area contributed by atoms with Crippen LogP contribution in [0.1, 0.15) is 5.76 Å². The van der Waals surface area contributed by atoms with Gasteiger partial charge in [0.2, 0.25) is 0 Å². The first kappa shape index (κ1) is 9.21. The summed E-state index contributed by atoms with van der Waals surface area (Å²) in [6, 6.07) is 1.86. The molecule has 0 aliphatic carbocycles. The molecule has 0 fully saturated rings. The van der Waals surface area contributed by atoms with Crippen molar-refractivity contribution >= 4 is 21.6 Å². The van der Waals surface area contributed by atoms with Gasteiger partial charge >= 0.3 is 0 Å². The summed E-state index contributed by atoms with van der Waals surface area (Å²) in [7, 11) is 0. The van der Waals surface area contributed by atoms with Crippen LogP contribution in [0.5, 0.6) is 0 Å². The van der Waals surface area contributed by atoms with E-state index in [1.54, 1.807) is 18.7 Å². The Labute approximate surface area is 89.5 Å². The van der Waals surface area contributed by atoms with E-state index in [4.69, 9.17) is 4.42 Å². The number of nitrogens with zero attached hydrogens (tertiary/aromatic N) is 2. The van der Waals surface area contributed by atoms with Crippen molar-refractivity contribution in [2.75, 3.05) is 5.32 Å².